The van der Waals surface area contributed by atoms with Crippen molar-refractivity contribution in [1.29, 1.82) is 0 Å². The summed E-state index contributed by atoms with van der Waals surface area (Å²) >= 11 is 1.65. The Morgan fingerprint density at radius 2 is 2.41 bits per heavy atom. The van der Waals surface area contributed by atoms with Crippen LogP contribution < -0.4 is 5.32 Å². The summed E-state index contributed by atoms with van der Waals surface area (Å²) in [5.74, 6) is 1.45. The first-order chi connectivity index (χ1) is 8.31. The predicted molar refractivity (Wildman–Crippen MR) is 66.9 cm³/mol. The molecule has 92 valence electrons. The Labute approximate surface area is 105 Å². The lowest BCUT2D eigenvalue weighted by atomic mass is 9.98. The first kappa shape index (κ1) is 11.1. The monoisotopic (exact) mass is 251 g/mol. The zero-order chi connectivity index (χ0) is 11.7. The van der Waals surface area contributed by atoms with Gasteiger partial charge in [-0.25, -0.2) is 4.79 Å². The van der Waals surface area contributed by atoms with Crippen molar-refractivity contribution in [1.82, 2.24) is 5.32 Å². The minimum atomic E-state index is -0.254. The van der Waals surface area contributed by atoms with Gasteiger partial charge in [0.1, 0.15) is 6.10 Å². The van der Waals surface area contributed by atoms with Gasteiger partial charge in [0.15, 0.2) is 0 Å². The van der Waals surface area contributed by atoms with Gasteiger partial charge in [0.05, 0.1) is 6.54 Å². The van der Waals surface area contributed by atoms with E-state index in [1.54, 1.807) is 11.3 Å². The van der Waals surface area contributed by atoms with Crippen LogP contribution in [0.2, 0.25) is 0 Å². The first-order valence-electron chi connectivity index (χ1n) is 6.28. The number of amides is 1. The molecule has 17 heavy (non-hydrogen) atoms. The maximum Gasteiger partial charge on any atom is 0.407 e. The van der Waals surface area contributed by atoms with Crippen molar-refractivity contribution in [3.05, 3.63) is 22.4 Å². The first-order valence-corrected chi connectivity index (χ1v) is 7.16. The summed E-state index contributed by atoms with van der Waals surface area (Å²) in [4.78, 5) is 12.8. The van der Waals surface area contributed by atoms with E-state index < -0.39 is 0 Å². The van der Waals surface area contributed by atoms with E-state index in [2.05, 4.69) is 5.32 Å². The summed E-state index contributed by atoms with van der Waals surface area (Å²) in [6, 6.07) is 4.01. The summed E-state index contributed by atoms with van der Waals surface area (Å²) in [5, 5.41) is 4.83. The molecule has 2 aliphatic rings. The second-order valence-electron chi connectivity index (χ2n) is 5.05. The van der Waals surface area contributed by atoms with Crippen LogP contribution in [0.4, 0.5) is 4.79 Å². The fraction of sp³-hybridized carbons (Fsp3) is 0.615. The van der Waals surface area contributed by atoms with Gasteiger partial charge in [-0.2, -0.15) is 0 Å². The largest absolute Gasteiger partial charge is 0.446 e. The van der Waals surface area contributed by atoms with Crippen LogP contribution in [0.5, 0.6) is 0 Å². The number of rotatable bonds is 3. The lowest BCUT2D eigenvalue weighted by molar-refractivity contribution is 0.0647. The van der Waals surface area contributed by atoms with Gasteiger partial charge >= 0.3 is 6.09 Å². The van der Waals surface area contributed by atoms with Gasteiger partial charge in [0, 0.05) is 4.88 Å². The molecule has 3 rings (SSSR count). The third-order valence-corrected chi connectivity index (χ3v) is 4.80. The summed E-state index contributed by atoms with van der Waals surface area (Å²) in [6.45, 7) is 0.581. The van der Waals surface area contributed by atoms with E-state index in [4.69, 9.17) is 4.74 Å². The molecule has 0 aliphatic heterocycles. The van der Waals surface area contributed by atoms with Gasteiger partial charge in [-0.05, 0) is 49.0 Å². The molecule has 0 unspecified atom stereocenters. The highest BCUT2D eigenvalue weighted by Crippen LogP contribution is 2.45. The van der Waals surface area contributed by atoms with Crippen LogP contribution in [0.25, 0.3) is 0 Å². The van der Waals surface area contributed by atoms with Crippen LogP contribution in [-0.4, -0.2) is 12.2 Å². The van der Waals surface area contributed by atoms with Crippen LogP contribution >= 0.6 is 11.3 Å². The van der Waals surface area contributed by atoms with Crippen LogP contribution in [-0.2, 0) is 11.3 Å². The molecule has 1 heterocycles. The molecule has 4 heteroatoms. The molecule has 3 nitrogen and oxygen atoms in total. The van der Waals surface area contributed by atoms with E-state index in [0.717, 1.165) is 17.2 Å². The highest BCUT2D eigenvalue weighted by molar-refractivity contribution is 7.09. The molecule has 1 aromatic rings. The van der Waals surface area contributed by atoms with Crippen molar-refractivity contribution in [3.63, 3.8) is 0 Å². The van der Waals surface area contributed by atoms with E-state index >= 15 is 0 Å². The van der Waals surface area contributed by atoms with Crippen molar-refractivity contribution in [2.45, 2.75) is 38.3 Å². The number of nitrogens with one attached hydrogen (secondary N) is 1. The Balaban J connectivity index is 1.44. The summed E-state index contributed by atoms with van der Waals surface area (Å²) in [5.41, 5.74) is 0. The number of ether oxygens (including phenoxy) is 1. The molecular formula is C13H17NO2S. The number of alkyl carbamates (subject to hydrolysis) is 1. The standard InChI is InChI=1S/C13H17NO2S/c15-13(14-8-11-2-1-5-17-11)16-12-7-9-3-4-10(12)6-9/h1-2,5,9-10,12H,3-4,6-8H2,(H,14,15)/t9-,10-,12-/m1/s1. The molecular weight excluding hydrogens is 234 g/mol. The normalized spacial score (nSPS) is 30.5. The quantitative estimate of drug-likeness (QED) is 0.896. The molecule has 1 N–H and O–H groups in total. The van der Waals surface area contributed by atoms with E-state index in [-0.39, 0.29) is 12.2 Å². The average molecular weight is 251 g/mol. The Kier molecular flexibility index (Phi) is 3.05. The Hall–Kier alpha value is -1.03. The zero-order valence-corrected chi connectivity index (χ0v) is 10.5. The minimum absolute atomic E-state index is 0.178. The molecule has 3 atom stereocenters. The summed E-state index contributed by atoms with van der Waals surface area (Å²) in [7, 11) is 0. The summed E-state index contributed by atoms with van der Waals surface area (Å²) < 4.78 is 5.50. The minimum Gasteiger partial charge on any atom is -0.446 e. The van der Waals surface area contributed by atoms with Crippen molar-refractivity contribution < 1.29 is 9.53 Å². The van der Waals surface area contributed by atoms with Crippen molar-refractivity contribution in [2.75, 3.05) is 0 Å². The number of hydrogen-bond acceptors (Lipinski definition) is 3. The highest BCUT2D eigenvalue weighted by atomic mass is 32.1. The summed E-state index contributed by atoms with van der Waals surface area (Å²) in [6.07, 6.45) is 4.85. The lowest BCUT2D eigenvalue weighted by Gasteiger charge is -2.21. The van der Waals surface area contributed by atoms with E-state index in [9.17, 15) is 4.79 Å². The van der Waals surface area contributed by atoms with E-state index in [1.165, 1.54) is 19.3 Å². The fourth-order valence-electron chi connectivity index (χ4n) is 3.08. The Bertz CT molecular complexity index is 390. The molecule has 2 aliphatic carbocycles. The molecule has 1 amide bonds. The second-order valence-corrected chi connectivity index (χ2v) is 6.08. The maximum atomic E-state index is 11.6. The SMILES string of the molecule is O=C(NCc1cccs1)O[C@@H]1C[C@@H]2CC[C@@H]1C2. The molecule has 2 bridgehead atoms. The second kappa shape index (κ2) is 4.69. The highest BCUT2D eigenvalue weighted by Gasteiger charge is 2.41. The Morgan fingerprint density at radius 1 is 1.47 bits per heavy atom. The van der Waals surface area contributed by atoms with Crippen molar-refractivity contribution in [3.8, 4) is 0 Å². The molecule has 2 saturated carbocycles. The Morgan fingerprint density at radius 3 is 3.06 bits per heavy atom. The number of hydrogen-bond donors (Lipinski definition) is 1. The molecule has 0 spiro atoms. The van der Waals surface area contributed by atoms with Crippen molar-refractivity contribution in [2.24, 2.45) is 11.8 Å². The maximum absolute atomic E-state index is 11.6. The van der Waals surface area contributed by atoms with Gasteiger partial charge in [0.25, 0.3) is 0 Å². The lowest BCUT2D eigenvalue weighted by Crippen LogP contribution is -2.31. The number of carbonyl (C=O) groups is 1. The van der Waals surface area contributed by atoms with Gasteiger partial charge < -0.3 is 10.1 Å². The van der Waals surface area contributed by atoms with Crippen LogP contribution in [0.15, 0.2) is 17.5 Å². The number of fused-ring (bicyclic) bond motifs is 2. The third kappa shape index (κ3) is 2.46. The van der Waals surface area contributed by atoms with Crippen LogP contribution in [0.1, 0.15) is 30.6 Å². The third-order valence-electron chi connectivity index (χ3n) is 3.92. The number of thiophene rings is 1. The fourth-order valence-corrected chi connectivity index (χ4v) is 3.73. The molecule has 1 aromatic heterocycles. The molecule has 0 aromatic carbocycles. The molecule has 0 saturated heterocycles. The van der Waals surface area contributed by atoms with Gasteiger partial charge in [-0.15, -0.1) is 11.3 Å². The van der Waals surface area contributed by atoms with Gasteiger partial charge in [0.2, 0.25) is 0 Å². The molecule has 2 fully saturated rings. The van der Waals surface area contributed by atoms with Crippen LogP contribution in [0, 0.1) is 11.8 Å². The average Bonchev–Trinajstić information content (AvgIpc) is 3.03. The predicted octanol–water partition coefficient (Wildman–Crippen LogP) is 3.16. The van der Waals surface area contributed by atoms with Crippen LogP contribution in [0.3, 0.4) is 0 Å². The smallest absolute Gasteiger partial charge is 0.407 e. The van der Waals surface area contributed by atoms with Gasteiger partial charge in [-0.1, -0.05) is 6.07 Å². The van der Waals surface area contributed by atoms with E-state index in [0.29, 0.717) is 12.5 Å². The number of carbonyl (C=O) groups excluding carboxylic acids is 1. The zero-order valence-electron chi connectivity index (χ0n) is 9.72. The van der Waals surface area contributed by atoms with Gasteiger partial charge in [-0.3, -0.25) is 0 Å². The molecule has 0 radical (unpaired) electrons. The van der Waals surface area contributed by atoms with Crippen molar-refractivity contribution >= 4 is 17.4 Å². The van der Waals surface area contributed by atoms with E-state index in [1.807, 2.05) is 17.5 Å². The topological polar surface area (TPSA) is 38.3 Å².